The third-order valence-electron chi connectivity index (χ3n) is 5.93. The monoisotopic (exact) mass is 426 g/mol. The predicted octanol–water partition coefficient (Wildman–Crippen LogP) is 4.05. The summed E-state index contributed by atoms with van der Waals surface area (Å²) in [6.45, 7) is 6.20. The third kappa shape index (κ3) is 4.12. The molecule has 0 aromatic heterocycles. The minimum absolute atomic E-state index is 0. The van der Waals surface area contributed by atoms with Gasteiger partial charge in [0.15, 0.2) is 17.3 Å². The Hall–Kier alpha value is -2.31. The lowest BCUT2D eigenvalue weighted by Gasteiger charge is -2.39. The number of rotatable bonds is 5. The fourth-order valence-electron chi connectivity index (χ4n) is 4.41. The molecule has 0 spiro atoms. The number of hydrogen-bond donors (Lipinski definition) is 0. The van der Waals surface area contributed by atoms with Crippen LogP contribution in [0.4, 0.5) is 0 Å². The van der Waals surface area contributed by atoms with Crippen molar-refractivity contribution in [3.05, 3.63) is 58.7 Å². The minimum atomic E-state index is 0. The van der Waals surface area contributed by atoms with Gasteiger partial charge >= 0.3 is 0 Å². The highest BCUT2D eigenvalue weighted by Crippen LogP contribution is 2.42. The Balaban J connectivity index is 0.00000256. The maximum absolute atomic E-state index is 11.7. The Bertz CT molecular complexity index is 956. The van der Waals surface area contributed by atoms with E-state index in [1.807, 2.05) is 31.2 Å². The quantitative estimate of drug-likeness (QED) is 0.677. The minimum Gasteiger partial charge on any atom is -0.493 e. The number of benzene rings is 2. The SMILES string of the molecule is CCOc1cc2c(cc1OC)C(c1ccc(C(C)=O)cc1)=NC1CCN(C)CC21.S. The summed E-state index contributed by atoms with van der Waals surface area (Å²) < 4.78 is 11.5. The van der Waals surface area contributed by atoms with Gasteiger partial charge in [-0.05, 0) is 51.6 Å². The zero-order valence-electron chi connectivity index (χ0n) is 18.1. The molecule has 0 radical (unpaired) electrons. The second-order valence-corrected chi connectivity index (χ2v) is 7.86. The summed E-state index contributed by atoms with van der Waals surface area (Å²) in [6, 6.07) is 12.2. The van der Waals surface area contributed by atoms with Crippen molar-refractivity contribution in [3.8, 4) is 11.5 Å². The summed E-state index contributed by atoms with van der Waals surface area (Å²) >= 11 is 0. The van der Waals surface area contributed by atoms with Crippen LogP contribution < -0.4 is 9.47 Å². The summed E-state index contributed by atoms with van der Waals surface area (Å²) in [6.07, 6.45) is 1.03. The van der Waals surface area contributed by atoms with E-state index in [-0.39, 0.29) is 25.3 Å². The fraction of sp³-hybridized carbons (Fsp3) is 0.417. The number of aliphatic imine (C=N–C) groups is 1. The molecule has 0 aliphatic carbocycles. The first-order valence-electron chi connectivity index (χ1n) is 10.2. The maximum Gasteiger partial charge on any atom is 0.161 e. The summed E-state index contributed by atoms with van der Waals surface area (Å²) in [7, 11) is 3.84. The second kappa shape index (κ2) is 9.23. The molecule has 6 heteroatoms. The van der Waals surface area contributed by atoms with Crippen LogP contribution in [-0.2, 0) is 0 Å². The summed E-state index contributed by atoms with van der Waals surface area (Å²) in [4.78, 5) is 19.2. The average molecular weight is 427 g/mol. The number of carbonyl (C=O) groups is 1. The third-order valence-corrected chi connectivity index (χ3v) is 5.93. The van der Waals surface area contributed by atoms with Gasteiger partial charge in [-0.1, -0.05) is 24.3 Å². The van der Waals surface area contributed by atoms with Crippen LogP contribution >= 0.6 is 13.5 Å². The van der Waals surface area contributed by atoms with Crippen LogP contribution in [0.25, 0.3) is 0 Å². The molecule has 2 aromatic rings. The molecule has 1 fully saturated rings. The van der Waals surface area contributed by atoms with E-state index >= 15 is 0 Å². The molecule has 2 unspecified atom stereocenters. The molecule has 160 valence electrons. The van der Waals surface area contributed by atoms with Gasteiger partial charge in [0.2, 0.25) is 0 Å². The van der Waals surface area contributed by atoms with Crippen molar-refractivity contribution < 1.29 is 14.3 Å². The topological polar surface area (TPSA) is 51.1 Å². The molecule has 0 N–H and O–H groups in total. The number of ketones is 1. The van der Waals surface area contributed by atoms with Crippen molar-refractivity contribution in [2.45, 2.75) is 32.2 Å². The number of likely N-dealkylation sites (tertiary alicyclic amines) is 1. The summed E-state index contributed by atoms with van der Waals surface area (Å²) in [5.41, 5.74) is 5.08. The van der Waals surface area contributed by atoms with E-state index in [1.165, 1.54) is 5.56 Å². The van der Waals surface area contributed by atoms with Crippen LogP contribution in [0.15, 0.2) is 41.4 Å². The van der Waals surface area contributed by atoms with Crippen LogP contribution in [0.5, 0.6) is 11.5 Å². The molecule has 2 aromatic carbocycles. The highest BCUT2D eigenvalue weighted by atomic mass is 32.1. The lowest BCUT2D eigenvalue weighted by Crippen LogP contribution is -2.41. The van der Waals surface area contributed by atoms with Gasteiger partial charge in [-0.2, -0.15) is 13.5 Å². The molecule has 0 saturated carbocycles. The van der Waals surface area contributed by atoms with Crippen molar-refractivity contribution in [1.82, 2.24) is 4.90 Å². The fourth-order valence-corrected chi connectivity index (χ4v) is 4.41. The van der Waals surface area contributed by atoms with Crippen LogP contribution in [-0.4, -0.2) is 56.3 Å². The molecule has 2 aliphatic heterocycles. The molecule has 4 rings (SSSR count). The predicted molar refractivity (Wildman–Crippen MR) is 125 cm³/mol. The number of piperidine rings is 1. The standard InChI is InChI=1S/C24H28N2O3.H2S/c1-5-29-23-12-18-19(13-22(23)28-4)24(17-8-6-16(7-9-17)15(2)27)25-21-10-11-26(3)14-20(18)21;/h6-9,12-13,20-21H,5,10-11,14H2,1-4H3;1H2. The van der Waals surface area contributed by atoms with E-state index in [2.05, 4.69) is 24.1 Å². The average Bonchev–Trinajstić information content (AvgIpc) is 2.73. The Kier molecular flexibility index (Phi) is 6.88. The zero-order valence-corrected chi connectivity index (χ0v) is 19.1. The van der Waals surface area contributed by atoms with Gasteiger partial charge in [0.1, 0.15) is 0 Å². The second-order valence-electron chi connectivity index (χ2n) is 7.86. The molecule has 1 saturated heterocycles. The zero-order chi connectivity index (χ0) is 20.5. The van der Waals surface area contributed by atoms with Crippen molar-refractivity contribution >= 4 is 25.0 Å². The lowest BCUT2D eigenvalue weighted by atomic mass is 9.79. The number of methoxy groups -OCH3 is 1. The van der Waals surface area contributed by atoms with Gasteiger partial charge in [-0.25, -0.2) is 0 Å². The van der Waals surface area contributed by atoms with Crippen molar-refractivity contribution in [2.24, 2.45) is 4.99 Å². The molecular weight excluding hydrogens is 396 g/mol. The van der Waals surface area contributed by atoms with Crippen LogP contribution in [0.1, 0.15) is 53.2 Å². The van der Waals surface area contributed by atoms with Crippen molar-refractivity contribution in [2.75, 3.05) is 33.9 Å². The molecular formula is C24H30N2O3S. The molecule has 0 bridgehead atoms. The molecule has 2 aliphatic rings. The molecule has 2 heterocycles. The first-order valence-corrected chi connectivity index (χ1v) is 10.2. The smallest absolute Gasteiger partial charge is 0.161 e. The summed E-state index contributed by atoms with van der Waals surface area (Å²) in [5.74, 6) is 1.92. The van der Waals surface area contributed by atoms with Crippen molar-refractivity contribution in [3.63, 3.8) is 0 Å². The van der Waals surface area contributed by atoms with Gasteiger partial charge in [0.25, 0.3) is 0 Å². The molecule has 0 amide bonds. The Morgan fingerprint density at radius 1 is 1.20 bits per heavy atom. The number of likely N-dealkylation sites (N-methyl/N-ethyl adjacent to an activating group) is 1. The normalized spacial score (nSPS) is 20.3. The number of hydrogen-bond acceptors (Lipinski definition) is 5. The number of carbonyl (C=O) groups excluding carboxylic acids is 1. The number of nitrogens with zero attached hydrogens (tertiary/aromatic N) is 2. The highest BCUT2D eigenvalue weighted by molar-refractivity contribution is 7.59. The van der Waals surface area contributed by atoms with Crippen LogP contribution in [0, 0.1) is 0 Å². The Morgan fingerprint density at radius 2 is 1.93 bits per heavy atom. The van der Waals surface area contributed by atoms with Gasteiger partial charge in [-0.15, -0.1) is 0 Å². The van der Waals surface area contributed by atoms with Gasteiger partial charge < -0.3 is 14.4 Å². The van der Waals surface area contributed by atoms with E-state index in [9.17, 15) is 4.79 Å². The molecule has 2 atom stereocenters. The lowest BCUT2D eigenvalue weighted by molar-refractivity contribution is 0.101. The van der Waals surface area contributed by atoms with E-state index in [4.69, 9.17) is 14.5 Å². The van der Waals surface area contributed by atoms with E-state index in [0.29, 0.717) is 18.1 Å². The molecule has 30 heavy (non-hydrogen) atoms. The van der Waals surface area contributed by atoms with Crippen LogP contribution in [0.2, 0.25) is 0 Å². The Morgan fingerprint density at radius 3 is 2.57 bits per heavy atom. The first kappa shape index (κ1) is 22.4. The maximum atomic E-state index is 11.7. The van der Waals surface area contributed by atoms with E-state index < -0.39 is 0 Å². The van der Waals surface area contributed by atoms with Crippen molar-refractivity contribution in [1.29, 1.82) is 0 Å². The van der Waals surface area contributed by atoms with Crippen LogP contribution in [0.3, 0.4) is 0 Å². The number of ether oxygens (including phenoxy) is 2. The highest BCUT2D eigenvalue weighted by Gasteiger charge is 2.36. The molecule has 5 nitrogen and oxygen atoms in total. The first-order chi connectivity index (χ1) is 14.0. The number of fused-ring (bicyclic) bond motifs is 3. The van der Waals surface area contributed by atoms with Gasteiger partial charge in [0.05, 0.1) is 25.5 Å². The summed E-state index contributed by atoms with van der Waals surface area (Å²) in [5, 5.41) is 0. The number of Topliss-reactive ketones (excluding diaryl/α,β-unsaturated/α-hetero) is 1. The van der Waals surface area contributed by atoms with E-state index in [0.717, 1.165) is 47.8 Å². The Labute approximate surface area is 185 Å². The van der Waals surface area contributed by atoms with Gasteiger partial charge in [-0.3, -0.25) is 9.79 Å². The van der Waals surface area contributed by atoms with E-state index in [1.54, 1.807) is 14.0 Å². The van der Waals surface area contributed by atoms with Gasteiger partial charge in [0, 0.05) is 29.2 Å². The largest absolute Gasteiger partial charge is 0.493 e.